The Labute approximate surface area is 160 Å². The van der Waals surface area contributed by atoms with Crippen LogP contribution in [0, 0.1) is 0 Å². The summed E-state index contributed by atoms with van der Waals surface area (Å²) in [4.78, 5) is 27.3. The van der Waals surface area contributed by atoms with Gasteiger partial charge in [-0.3, -0.25) is 9.59 Å². The molecule has 1 aliphatic heterocycles. The van der Waals surface area contributed by atoms with Crippen LogP contribution >= 0.6 is 0 Å². The first-order chi connectivity index (χ1) is 12.7. The lowest BCUT2D eigenvalue weighted by Gasteiger charge is -2.23. The van der Waals surface area contributed by atoms with E-state index in [1.165, 1.54) is 0 Å². The molecule has 140 valence electrons. The maximum Gasteiger partial charge on any atom is 0.275 e. The van der Waals surface area contributed by atoms with Crippen LogP contribution in [-0.4, -0.2) is 17.9 Å². The number of benzene rings is 2. The molecule has 0 fully saturated rings. The largest absolute Gasteiger partial charge is 0.317 e. The molecule has 4 heteroatoms. The molecule has 0 aromatic heterocycles. The van der Waals surface area contributed by atoms with E-state index in [2.05, 4.69) is 26.1 Å². The van der Waals surface area contributed by atoms with Gasteiger partial charge in [0.25, 0.3) is 11.8 Å². The number of hydrogen-bond donors (Lipinski definition) is 1. The standard InChI is InChI=1S/C23H26N2O2/c1-15-16(2)25(19-9-7-6-8-10-19)22(27)20(15)24-21(26)17-11-13-18(14-12-17)23(3,4)5/h6-14,16H,1-5H3,(H,24,26)/t16-/m1/s1. The summed E-state index contributed by atoms with van der Waals surface area (Å²) >= 11 is 0. The number of carbonyl (C=O) groups excluding carboxylic acids is 2. The van der Waals surface area contributed by atoms with Crippen molar-refractivity contribution in [1.29, 1.82) is 0 Å². The van der Waals surface area contributed by atoms with Crippen molar-refractivity contribution in [2.75, 3.05) is 4.90 Å². The van der Waals surface area contributed by atoms with Gasteiger partial charge in [-0.25, -0.2) is 0 Å². The number of nitrogens with one attached hydrogen (secondary N) is 1. The Kier molecular flexibility index (Phi) is 4.92. The molecular formula is C23H26N2O2. The first-order valence-electron chi connectivity index (χ1n) is 9.21. The summed E-state index contributed by atoms with van der Waals surface area (Å²) in [6.45, 7) is 10.3. The monoisotopic (exact) mass is 362 g/mol. The maximum atomic E-state index is 12.9. The van der Waals surface area contributed by atoms with Crippen LogP contribution in [0.25, 0.3) is 0 Å². The lowest BCUT2D eigenvalue weighted by molar-refractivity contribution is -0.115. The quantitative estimate of drug-likeness (QED) is 0.878. The SMILES string of the molecule is CC1=C(NC(=O)c2ccc(C(C)(C)C)cc2)C(=O)N(c2ccccc2)[C@@H]1C. The fraction of sp³-hybridized carbons (Fsp3) is 0.304. The average Bonchev–Trinajstić information content (AvgIpc) is 2.85. The normalized spacial score (nSPS) is 17.4. The molecule has 4 nitrogen and oxygen atoms in total. The average molecular weight is 362 g/mol. The number of rotatable bonds is 3. The highest BCUT2D eigenvalue weighted by Crippen LogP contribution is 2.30. The van der Waals surface area contributed by atoms with Crippen molar-refractivity contribution in [2.45, 2.75) is 46.1 Å². The van der Waals surface area contributed by atoms with Crippen molar-refractivity contribution < 1.29 is 9.59 Å². The molecule has 0 radical (unpaired) electrons. The zero-order valence-corrected chi connectivity index (χ0v) is 16.5. The van der Waals surface area contributed by atoms with Crippen LogP contribution in [0.2, 0.25) is 0 Å². The van der Waals surface area contributed by atoms with Crippen molar-refractivity contribution in [3.8, 4) is 0 Å². The predicted molar refractivity (Wildman–Crippen MR) is 109 cm³/mol. The molecule has 0 unspecified atom stereocenters. The molecule has 0 spiro atoms. The molecule has 1 aliphatic rings. The molecule has 0 saturated carbocycles. The Morgan fingerprint density at radius 1 is 1.00 bits per heavy atom. The third kappa shape index (κ3) is 3.65. The number of anilines is 1. The van der Waals surface area contributed by atoms with Gasteiger partial charge in [0.2, 0.25) is 0 Å². The van der Waals surface area contributed by atoms with Crippen LogP contribution in [-0.2, 0) is 10.2 Å². The maximum absolute atomic E-state index is 12.9. The molecule has 0 saturated heterocycles. The van der Waals surface area contributed by atoms with E-state index in [4.69, 9.17) is 0 Å². The van der Waals surface area contributed by atoms with E-state index in [0.717, 1.165) is 16.8 Å². The lowest BCUT2D eigenvalue weighted by atomic mass is 9.87. The van der Waals surface area contributed by atoms with E-state index in [0.29, 0.717) is 11.3 Å². The molecule has 0 bridgehead atoms. The van der Waals surface area contributed by atoms with Crippen molar-refractivity contribution in [1.82, 2.24) is 5.32 Å². The minimum atomic E-state index is -0.264. The van der Waals surface area contributed by atoms with E-state index in [1.54, 1.807) is 4.90 Å². The fourth-order valence-electron chi connectivity index (χ4n) is 3.26. The Bertz CT molecular complexity index is 890. The van der Waals surface area contributed by atoms with Crippen LogP contribution in [0.5, 0.6) is 0 Å². The fourth-order valence-corrected chi connectivity index (χ4v) is 3.26. The molecular weight excluding hydrogens is 336 g/mol. The molecule has 2 amide bonds. The van der Waals surface area contributed by atoms with Gasteiger partial charge in [0, 0.05) is 11.3 Å². The van der Waals surface area contributed by atoms with Gasteiger partial charge >= 0.3 is 0 Å². The Morgan fingerprint density at radius 3 is 2.15 bits per heavy atom. The molecule has 1 heterocycles. The zero-order chi connectivity index (χ0) is 19.8. The third-order valence-electron chi connectivity index (χ3n) is 5.13. The molecule has 2 aromatic carbocycles. The second-order valence-corrected chi connectivity index (χ2v) is 8.03. The minimum Gasteiger partial charge on any atom is -0.317 e. The molecule has 2 aromatic rings. The van der Waals surface area contributed by atoms with Gasteiger partial charge in [-0.1, -0.05) is 51.1 Å². The third-order valence-corrected chi connectivity index (χ3v) is 5.13. The number of nitrogens with zero attached hydrogens (tertiary/aromatic N) is 1. The van der Waals surface area contributed by atoms with Crippen molar-refractivity contribution in [2.24, 2.45) is 0 Å². The van der Waals surface area contributed by atoms with Crippen LogP contribution in [0.3, 0.4) is 0 Å². The summed E-state index contributed by atoms with van der Waals surface area (Å²) in [5, 5.41) is 2.83. The van der Waals surface area contributed by atoms with Crippen molar-refractivity contribution in [3.63, 3.8) is 0 Å². The predicted octanol–water partition coefficient (Wildman–Crippen LogP) is 4.42. The van der Waals surface area contributed by atoms with E-state index in [-0.39, 0.29) is 23.3 Å². The summed E-state index contributed by atoms with van der Waals surface area (Å²) in [6.07, 6.45) is 0. The lowest BCUT2D eigenvalue weighted by Crippen LogP contribution is -2.36. The highest BCUT2D eigenvalue weighted by atomic mass is 16.2. The van der Waals surface area contributed by atoms with Crippen molar-refractivity contribution in [3.05, 3.63) is 77.0 Å². The van der Waals surface area contributed by atoms with Gasteiger partial charge in [-0.15, -0.1) is 0 Å². The van der Waals surface area contributed by atoms with Gasteiger partial charge in [0.1, 0.15) is 5.70 Å². The summed E-state index contributed by atoms with van der Waals surface area (Å²) < 4.78 is 0. The molecule has 0 aliphatic carbocycles. The summed E-state index contributed by atoms with van der Waals surface area (Å²) in [5.41, 5.74) is 3.80. The molecule has 3 rings (SSSR count). The van der Waals surface area contributed by atoms with Gasteiger partial charge < -0.3 is 10.2 Å². The first-order valence-corrected chi connectivity index (χ1v) is 9.21. The van der Waals surface area contributed by atoms with Gasteiger partial charge in [0.05, 0.1) is 6.04 Å². The van der Waals surface area contributed by atoms with Crippen LogP contribution in [0.15, 0.2) is 65.9 Å². The van der Waals surface area contributed by atoms with Crippen LogP contribution in [0.4, 0.5) is 5.69 Å². The Balaban J connectivity index is 1.80. The van der Waals surface area contributed by atoms with Crippen LogP contribution < -0.4 is 10.2 Å². The van der Waals surface area contributed by atoms with Crippen molar-refractivity contribution >= 4 is 17.5 Å². The summed E-state index contributed by atoms with van der Waals surface area (Å²) in [5.74, 6) is -0.439. The summed E-state index contributed by atoms with van der Waals surface area (Å²) in [6, 6.07) is 17.0. The van der Waals surface area contributed by atoms with Gasteiger partial charge in [-0.05, 0) is 54.7 Å². The highest BCUT2D eigenvalue weighted by Gasteiger charge is 2.36. The number of carbonyl (C=O) groups is 2. The van der Waals surface area contributed by atoms with Gasteiger partial charge in [-0.2, -0.15) is 0 Å². The highest BCUT2D eigenvalue weighted by molar-refractivity contribution is 6.13. The van der Waals surface area contributed by atoms with E-state index in [1.807, 2.05) is 68.4 Å². The zero-order valence-electron chi connectivity index (χ0n) is 16.5. The minimum absolute atomic E-state index is 0.0289. The molecule has 27 heavy (non-hydrogen) atoms. The Morgan fingerprint density at radius 2 is 1.59 bits per heavy atom. The number of amides is 2. The summed E-state index contributed by atoms with van der Waals surface area (Å²) in [7, 11) is 0. The number of para-hydroxylation sites is 1. The molecule has 1 atom stereocenters. The second kappa shape index (κ2) is 7.03. The van der Waals surface area contributed by atoms with E-state index < -0.39 is 0 Å². The first kappa shape index (κ1) is 18.9. The van der Waals surface area contributed by atoms with Gasteiger partial charge in [0.15, 0.2) is 0 Å². The molecule has 1 N–H and O–H groups in total. The van der Waals surface area contributed by atoms with E-state index >= 15 is 0 Å². The van der Waals surface area contributed by atoms with Crippen LogP contribution in [0.1, 0.15) is 50.5 Å². The second-order valence-electron chi connectivity index (χ2n) is 8.03. The smallest absolute Gasteiger partial charge is 0.275 e. The topological polar surface area (TPSA) is 49.4 Å². The van der Waals surface area contributed by atoms with E-state index in [9.17, 15) is 9.59 Å². The number of hydrogen-bond acceptors (Lipinski definition) is 2. The Hall–Kier alpha value is -2.88.